The molecule has 0 spiro atoms. The van der Waals surface area contributed by atoms with E-state index in [9.17, 15) is 9.00 Å². The van der Waals surface area contributed by atoms with Crippen LogP contribution in [0.1, 0.15) is 12.8 Å². The van der Waals surface area contributed by atoms with E-state index in [0.29, 0.717) is 18.1 Å². The van der Waals surface area contributed by atoms with Crippen LogP contribution in [0.25, 0.3) is 0 Å². The molecule has 2 rings (SSSR count). The first-order valence-corrected chi connectivity index (χ1v) is 7.17. The van der Waals surface area contributed by atoms with E-state index in [0.717, 1.165) is 25.9 Å². The highest BCUT2D eigenvalue weighted by Gasteiger charge is 2.47. The molecule has 1 heterocycles. The summed E-state index contributed by atoms with van der Waals surface area (Å²) in [6.45, 7) is 2.03. The highest BCUT2D eigenvalue weighted by atomic mass is 32.2. The zero-order chi connectivity index (χ0) is 11.8. The Morgan fingerprint density at radius 2 is 1.94 bits per heavy atom. The Balaban J connectivity index is 1.95. The number of amides is 1. The van der Waals surface area contributed by atoms with Gasteiger partial charge in [-0.25, -0.2) is 0 Å². The van der Waals surface area contributed by atoms with Gasteiger partial charge in [0, 0.05) is 41.9 Å². The Morgan fingerprint density at radius 1 is 1.38 bits per heavy atom. The van der Waals surface area contributed by atoms with Gasteiger partial charge in [-0.15, -0.1) is 0 Å². The quantitative estimate of drug-likeness (QED) is 0.640. The fraction of sp³-hybridized carbons (Fsp3) is 0.900. The number of rotatable bonds is 4. The fourth-order valence-corrected chi connectivity index (χ4v) is 3.34. The summed E-state index contributed by atoms with van der Waals surface area (Å²) in [7, 11) is -0.694. The minimum Gasteiger partial charge on any atom is -0.368 e. The van der Waals surface area contributed by atoms with Crippen molar-refractivity contribution in [1.82, 2.24) is 4.90 Å². The van der Waals surface area contributed by atoms with Gasteiger partial charge in [0.1, 0.15) is 5.54 Å². The predicted octanol–water partition coefficient (Wildman–Crippen LogP) is -1.36. The standard InChI is InChI=1S/C10H19N3O2S/c11-9(14)10(12,8-1-2-8)7-13-3-5-16(15)6-4-13/h8H,1-7,12H2,(H2,11,14). The number of hydrogen-bond donors (Lipinski definition) is 2. The molecule has 1 amide bonds. The van der Waals surface area contributed by atoms with Crippen molar-refractivity contribution >= 4 is 16.7 Å². The Kier molecular flexibility index (Phi) is 3.32. The monoisotopic (exact) mass is 245 g/mol. The van der Waals surface area contributed by atoms with E-state index in [-0.39, 0.29) is 5.92 Å². The van der Waals surface area contributed by atoms with Crippen molar-refractivity contribution in [2.75, 3.05) is 31.1 Å². The molecule has 5 nitrogen and oxygen atoms in total. The zero-order valence-corrected chi connectivity index (χ0v) is 10.2. The van der Waals surface area contributed by atoms with Gasteiger partial charge in [-0.1, -0.05) is 0 Å². The number of hydrogen-bond acceptors (Lipinski definition) is 4. The largest absolute Gasteiger partial charge is 0.368 e. The zero-order valence-electron chi connectivity index (χ0n) is 9.35. The van der Waals surface area contributed by atoms with Crippen molar-refractivity contribution < 1.29 is 9.00 Å². The maximum absolute atomic E-state index is 11.5. The van der Waals surface area contributed by atoms with Crippen molar-refractivity contribution in [3.8, 4) is 0 Å². The Morgan fingerprint density at radius 3 is 2.38 bits per heavy atom. The minimum absolute atomic E-state index is 0.248. The first-order valence-electron chi connectivity index (χ1n) is 5.68. The third kappa shape index (κ3) is 2.44. The normalized spacial score (nSPS) is 27.6. The molecule has 4 N–H and O–H groups in total. The molecule has 1 aliphatic carbocycles. The maximum atomic E-state index is 11.5. The molecule has 0 aromatic carbocycles. The molecular formula is C10H19N3O2S. The lowest BCUT2D eigenvalue weighted by Crippen LogP contribution is -2.61. The van der Waals surface area contributed by atoms with E-state index in [2.05, 4.69) is 4.90 Å². The van der Waals surface area contributed by atoms with Crippen LogP contribution in [-0.4, -0.2) is 51.7 Å². The van der Waals surface area contributed by atoms with Gasteiger partial charge in [0.25, 0.3) is 0 Å². The van der Waals surface area contributed by atoms with Crippen LogP contribution in [0.4, 0.5) is 0 Å². The number of carbonyl (C=O) groups is 1. The lowest BCUT2D eigenvalue weighted by atomic mass is 9.93. The van der Waals surface area contributed by atoms with Crippen LogP contribution in [0.15, 0.2) is 0 Å². The van der Waals surface area contributed by atoms with Gasteiger partial charge in [0.05, 0.1) is 0 Å². The lowest BCUT2D eigenvalue weighted by molar-refractivity contribution is -0.124. The van der Waals surface area contributed by atoms with Gasteiger partial charge in [0.15, 0.2) is 0 Å². The molecule has 0 aromatic heterocycles. The molecule has 0 bridgehead atoms. The lowest BCUT2D eigenvalue weighted by Gasteiger charge is -2.34. The Bertz CT molecular complexity index is 309. The summed E-state index contributed by atoms with van der Waals surface area (Å²) < 4.78 is 11.2. The molecule has 92 valence electrons. The average Bonchev–Trinajstić information content (AvgIpc) is 3.04. The first-order chi connectivity index (χ1) is 7.52. The van der Waals surface area contributed by atoms with E-state index in [1.165, 1.54) is 0 Å². The molecule has 16 heavy (non-hydrogen) atoms. The summed E-state index contributed by atoms with van der Waals surface area (Å²) in [5, 5.41) is 0. The van der Waals surface area contributed by atoms with E-state index in [1.54, 1.807) is 0 Å². The summed E-state index contributed by atoms with van der Waals surface area (Å²) in [5.41, 5.74) is 10.6. The molecule has 1 unspecified atom stereocenters. The summed E-state index contributed by atoms with van der Waals surface area (Å²) in [5.74, 6) is 1.21. The summed E-state index contributed by atoms with van der Waals surface area (Å²) in [6.07, 6.45) is 2.00. The molecule has 1 aliphatic heterocycles. The topological polar surface area (TPSA) is 89.4 Å². The van der Waals surface area contributed by atoms with E-state index < -0.39 is 22.2 Å². The number of nitrogens with two attached hydrogens (primary N) is 2. The Hall–Kier alpha value is -0.460. The third-order valence-electron chi connectivity index (χ3n) is 3.52. The molecule has 0 aromatic rings. The van der Waals surface area contributed by atoms with Crippen LogP contribution in [0.5, 0.6) is 0 Å². The second-order valence-electron chi connectivity index (χ2n) is 4.80. The van der Waals surface area contributed by atoms with Crippen LogP contribution in [0, 0.1) is 5.92 Å². The van der Waals surface area contributed by atoms with Gasteiger partial charge < -0.3 is 11.5 Å². The van der Waals surface area contributed by atoms with Crippen molar-refractivity contribution in [3.05, 3.63) is 0 Å². The van der Waals surface area contributed by atoms with Crippen LogP contribution >= 0.6 is 0 Å². The molecule has 1 saturated heterocycles. The molecule has 6 heteroatoms. The summed E-state index contributed by atoms with van der Waals surface area (Å²) in [4.78, 5) is 13.6. The molecule has 0 radical (unpaired) electrons. The SMILES string of the molecule is NC(=O)C(N)(CN1CCS(=O)CC1)C1CC1. The summed E-state index contributed by atoms with van der Waals surface area (Å²) in [6, 6.07) is 0. The highest BCUT2D eigenvalue weighted by Crippen LogP contribution is 2.38. The van der Waals surface area contributed by atoms with Gasteiger partial charge in [-0.05, 0) is 18.8 Å². The molecule has 1 atom stereocenters. The molecular weight excluding hydrogens is 226 g/mol. The number of nitrogens with zero attached hydrogens (tertiary/aromatic N) is 1. The highest BCUT2D eigenvalue weighted by molar-refractivity contribution is 7.85. The second kappa shape index (κ2) is 4.43. The van der Waals surface area contributed by atoms with Crippen LogP contribution in [0.2, 0.25) is 0 Å². The van der Waals surface area contributed by atoms with Crippen molar-refractivity contribution in [3.63, 3.8) is 0 Å². The summed E-state index contributed by atoms with van der Waals surface area (Å²) >= 11 is 0. The third-order valence-corrected chi connectivity index (χ3v) is 4.80. The van der Waals surface area contributed by atoms with Crippen molar-refractivity contribution in [1.29, 1.82) is 0 Å². The first kappa shape index (κ1) is 12.0. The second-order valence-corrected chi connectivity index (χ2v) is 6.50. The fourth-order valence-electron chi connectivity index (χ4n) is 2.21. The molecule has 2 fully saturated rings. The average molecular weight is 245 g/mol. The smallest absolute Gasteiger partial charge is 0.239 e. The van der Waals surface area contributed by atoms with Gasteiger partial charge >= 0.3 is 0 Å². The number of carbonyl (C=O) groups excluding carboxylic acids is 1. The van der Waals surface area contributed by atoms with Crippen molar-refractivity contribution in [2.24, 2.45) is 17.4 Å². The van der Waals surface area contributed by atoms with Gasteiger partial charge in [0.2, 0.25) is 5.91 Å². The predicted molar refractivity (Wildman–Crippen MR) is 63.2 cm³/mol. The van der Waals surface area contributed by atoms with E-state index in [1.807, 2.05) is 0 Å². The van der Waals surface area contributed by atoms with Crippen LogP contribution < -0.4 is 11.5 Å². The van der Waals surface area contributed by atoms with Crippen LogP contribution in [-0.2, 0) is 15.6 Å². The molecule has 1 saturated carbocycles. The molecule has 2 aliphatic rings. The van der Waals surface area contributed by atoms with Crippen LogP contribution in [0.3, 0.4) is 0 Å². The number of primary amides is 1. The Labute approximate surface area is 98.0 Å². The maximum Gasteiger partial charge on any atom is 0.239 e. The van der Waals surface area contributed by atoms with E-state index >= 15 is 0 Å². The van der Waals surface area contributed by atoms with E-state index in [4.69, 9.17) is 11.5 Å². The minimum atomic E-state index is -0.876. The van der Waals surface area contributed by atoms with Crippen molar-refractivity contribution in [2.45, 2.75) is 18.4 Å². The van der Waals surface area contributed by atoms with Gasteiger partial charge in [-0.3, -0.25) is 13.9 Å². The van der Waals surface area contributed by atoms with Gasteiger partial charge in [-0.2, -0.15) is 0 Å².